The molecule has 1 fully saturated rings. The predicted octanol–water partition coefficient (Wildman–Crippen LogP) is 3.59. The molecular formula is C18H18FN3O2. The molecule has 0 saturated carbocycles. The van der Waals surface area contributed by atoms with Crippen molar-refractivity contribution in [1.82, 2.24) is 14.7 Å². The Morgan fingerprint density at radius 3 is 3.00 bits per heavy atom. The molecule has 1 aliphatic heterocycles. The number of benzene rings is 1. The van der Waals surface area contributed by atoms with Gasteiger partial charge in [0.1, 0.15) is 11.4 Å². The Labute approximate surface area is 138 Å². The molecule has 1 saturated heterocycles. The third kappa shape index (κ3) is 2.29. The molecule has 1 atom stereocenters. The first-order valence-corrected chi connectivity index (χ1v) is 8.03. The zero-order chi connectivity index (χ0) is 16.8. The Balaban J connectivity index is 1.71. The highest BCUT2D eigenvalue weighted by Gasteiger charge is 2.34. The highest BCUT2D eigenvalue weighted by Crippen LogP contribution is 2.35. The lowest BCUT2D eigenvalue weighted by Crippen LogP contribution is -2.30. The third-order valence-corrected chi connectivity index (χ3v) is 4.72. The molecule has 3 heterocycles. The number of hydrogen-bond donors (Lipinski definition) is 0. The number of carbonyl (C=O) groups excluding carboxylic acids is 1. The van der Waals surface area contributed by atoms with Gasteiger partial charge in [-0.1, -0.05) is 0 Å². The van der Waals surface area contributed by atoms with Gasteiger partial charge in [0.05, 0.1) is 12.2 Å². The van der Waals surface area contributed by atoms with E-state index in [0.717, 1.165) is 18.4 Å². The fraction of sp³-hybridized carbons (Fsp3) is 0.333. The molecule has 4 rings (SSSR count). The number of amides is 1. The van der Waals surface area contributed by atoms with E-state index < -0.39 is 0 Å². The number of likely N-dealkylation sites (tertiary alicyclic amines) is 1. The van der Waals surface area contributed by atoms with Crippen molar-refractivity contribution in [2.24, 2.45) is 7.05 Å². The second kappa shape index (κ2) is 5.47. The molecule has 124 valence electrons. The molecule has 0 spiro atoms. The van der Waals surface area contributed by atoms with Crippen LogP contribution in [0, 0.1) is 12.7 Å². The second-order valence-corrected chi connectivity index (χ2v) is 6.30. The van der Waals surface area contributed by atoms with Crippen molar-refractivity contribution < 1.29 is 13.6 Å². The molecule has 24 heavy (non-hydrogen) atoms. The zero-order valence-corrected chi connectivity index (χ0v) is 13.6. The normalized spacial score (nSPS) is 17.8. The van der Waals surface area contributed by atoms with E-state index in [0.29, 0.717) is 28.8 Å². The lowest BCUT2D eigenvalue weighted by atomic mass is 10.1. The van der Waals surface area contributed by atoms with Crippen LogP contribution in [0.5, 0.6) is 0 Å². The van der Waals surface area contributed by atoms with Crippen molar-refractivity contribution in [1.29, 1.82) is 0 Å². The van der Waals surface area contributed by atoms with Crippen LogP contribution in [0.4, 0.5) is 4.39 Å². The summed E-state index contributed by atoms with van der Waals surface area (Å²) in [6, 6.07) is 4.33. The summed E-state index contributed by atoms with van der Waals surface area (Å²) in [5.41, 5.74) is 2.25. The van der Waals surface area contributed by atoms with Crippen LogP contribution >= 0.6 is 0 Å². The second-order valence-electron chi connectivity index (χ2n) is 6.30. The molecular weight excluding hydrogens is 309 g/mol. The van der Waals surface area contributed by atoms with Crippen LogP contribution in [-0.2, 0) is 7.05 Å². The van der Waals surface area contributed by atoms with Crippen molar-refractivity contribution in [3.8, 4) is 0 Å². The van der Waals surface area contributed by atoms with Crippen molar-refractivity contribution in [2.45, 2.75) is 25.8 Å². The first-order valence-electron chi connectivity index (χ1n) is 8.03. The Morgan fingerprint density at radius 2 is 2.25 bits per heavy atom. The molecule has 1 aromatic carbocycles. The first-order chi connectivity index (χ1) is 11.5. The minimum atomic E-state index is -0.334. The Kier molecular flexibility index (Phi) is 3.40. The Hall–Kier alpha value is -2.63. The van der Waals surface area contributed by atoms with Gasteiger partial charge in [0, 0.05) is 36.3 Å². The number of carbonyl (C=O) groups is 1. The van der Waals surface area contributed by atoms with Gasteiger partial charge in [-0.2, -0.15) is 5.10 Å². The van der Waals surface area contributed by atoms with Crippen molar-refractivity contribution in [3.05, 3.63) is 53.3 Å². The summed E-state index contributed by atoms with van der Waals surface area (Å²) in [5.74, 6) is -0.179. The van der Waals surface area contributed by atoms with E-state index in [2.05, 4.69) is 5.10 Å². The predicted molar refractivity (Wildman–Crippen MR) is 87.1 cm³/mol. The fourth-order valence-corrected chi connectivity index (χ4v) is 3.50. The number of halogens is 1. The average Bonchev–Trinajstić information content (AvgIpc) is 3.26. The quantitative estimate of drug-likeness (QED) is 0.723. The standard InChI is InChI=1S/C18H18FN3O2/c1-11-14-8-13(19)5-6-16(14)24-17(11)18(23)22-7-3-4-15(22)12-9-20-21(2)10-12/h5-6,8-10,15H,3-4,7H2,1-2H3/t15-/m0/s1. The van der Waals surface area contributed by atoms with Crippen LogP contribution in [0.25, 0.3) is 11.0 Å². The molecule has 0 bridgehead atoms. The van der Waals surface area contributed by atoms with E-state index in [9.17, 15) is 9.18 Å². The van der Waals surface area contributed by atoms with Gasteiger partial charge in [-0.3, -0.25) is 9.48 Å². The van der Waals surface area contributed by atoms with Gasteiger partial charge in [-0.15, -0.1) is 0 Å². The van der Waals surface area contributed by atoms with Gasteiger partial charge >= 0.3 is 0 Å². The van der Waals surface area contributed by atoms with Gasteiger partial charge in [0.15, 0.2) is 5.76 Å². The van der Waals surface area contributed by atoms with Crippen molar-refractivity contribution >= 4 is 16.9 Å². The highest BCUT2D eigenvalue weighted by atomic mass is 19.1. The van der Waals surface area contributed by atoms with Gasteiger partial charge < -0.3 is 9.32 Å². The molecule has 1 amide bonds. The summed E-state index contributed by atoms with van der Waals surface area (Å²) in [6.07, 6.45) is 5.60. The molecule has 6 heteroatoms. The Bertz CT molecular complexity index is 928. The van der Waals surface area contributed by atoms with E-state index in [1.54, 1.807) is 23.9 Å². The molecule has 1 aliphatic rings. The molecule has 0 unspecified atom stereocenters. The summed E-state index contributed by atoms with van der Waals surface area (Å²) in [6.45, 7) is 2.48. The van der Waals surface area contributed by atoms with Crippen molar-refractivity contribution in [3.63, 3.8) is 0 Å². The van der Waals surface area contributed by atoms with E-state index in [1.807, 2.05) is 18.1 Å². The number of aromatic nitrogens is 2. The number of nitrogens with zero attached hydrogens (tertiary/aromatic N) is 3. The molecule has 0 N–H and O–H groups in total. The van der Waals surface area contributed by atoms with E-state index >= 15 is 0 Å². The van der Waals surface area contributed by atoms with Gasteiger partial charge in [-0.05, 0) is 38.0 Å². The van der Waals surface area contributed by atoms with Gasteiger partial charge in [0.25, 0.3) is 5.91 Å². The fourth-order valence-electron chi connectivity index (χ4n) is 3.50. The summed E-state index contributed by atoms with van der Waals surface area (Å²) >= 11 is 0. The SMILES string of the molecule is Cc1c(C(=O)N2CCC[C@H]2c2cnn(C)c2)oc2ccc(F)cc12. The summed E-state index contributed by atoms with van der Waals surface area (Å²) in [7, 11) is 1.86. The summed E-state index contributed by atoms with van der Waals surface area (Å²) in [4.78, 5) is 14.9. The molecule has 2 aromatic heterocycles. The number of furan rings is 1. The van der Waals surface area contributed by atoms with Gasteiger partial charge in [0.2, 0.25) is 0 Å². The van der Waals surface area contributed by atoms with E-state index in [-0.39, 0.29) is 17.8 Å². The van der Waals surface area contributed by atoms with Crippen LogP contribution in [0.2, 0.25) is 0 Å². The zero-order valence-electron chi connectivity index (χ0n) is 13.6. The summed E-state index contributed by atoms with van der Waals surface area (Å²) < 4.78 is 20.9. The highest BCUT2D eigenvalue weighted by molar-refractivity contribution is 5.99. The first kappa shape index (κ1) is 14.9. The number of fused-ring (bicyclic) bond motifs is 1. The number of aryl methyl sites for hydroxylation is 2. The minimum Gasteiger partial charge on any atom is -0.451 e. The maximum absolute atomic E-state index is 13.5. The molecule has 0 aliphatic carbocycles. The third-order valence-electron chi connectivity index (χ3n) is 4.72. The van der Waals surface area contributed by atoms with E-state index in [4.69, 9.17) is 4.42 Å². The Morgan fingerprint density at radius 1 is 1.42 bits per heavy atom. The van der Waals surface area contributed by atoms with Crippen LogP contribution in [-0.4, -0.2) is 27.1 Å². The van der Waals surface area contributed by atoms with E-state index in [1.165, 1.54) is 12.1 Å². The number of rotatable bonds is 2. The summed E-state index contributed by atoms with van der Waals surface area (Å²) in [5, 5.41) is 4.85. The van der Waals surface area contributed by atoms with Crippen LogP contribution in [0.3, 0.4) is 0 Å². The molecule has 5 nitrogen and oxygen atoms in total. The number of hydrogen-bond acceptors (Lipinski definition) is 3. The van der Waals surface area contributed by atoms with Crippen LogP contribution in [0.15, 0.2) is 35.0 Å². The van der Waals surface area contributed by atoms with Crippen molar-refractivity contribution in [2.75, 3.05) is 6.54 Å². The lowest BCUT2D eigenvalue weighted by molar-refractivity contribution is 0.0704. The molecule has 3 aromatic rings. The lowest BCUT2D eigenvalue weighted by Gasteiger charge is -2.23. The topological polar surface area (TPSA) is 51.3 Å². The average molecular weight is 327 g/mol. The maximum Gasteiger partial charge on any atom is 0.290 e. The monoisotopic (exact) mass is 327 g/mol. The largest absolute Gasteiger partial charge is 0.451 e. The van der Waals surface area contributed by atoms with Crippen LogP contribution < -0.4 is 0 Å². The smallest absolute Gasteiger partial charge is 0.290 e. The molecule has 0 radical (unpaired) electrons. The van der Waals surface area contributed by atoms with Gasteiger partial charge in [-0.25, -0.2) is 4.39 Å². The minimum absolute atomic E-state index is 0.00977. The van der Waals surface area contributed by atoms with Crippen LogP contribution in [0.1, 0.15) is 40.6 Å². The maximum atomic E-state index is 13.5.